The van der Waals surface area contributed by atoms with Crippen LogP contribution in [0.3, 0.4) is 0 Å². The van der Waals surface area contributed by atoms with Crippen molar-refractivity contribution < 1.29 is 23.1 Å². The highest BCUT2D eigenvalue weighted by Gasteiger charge is 2.21. The summed E-state index contributed by atoms with van der Waals surface area (Å²) in [5.74, 6) is -2.79. The van der Waals surface area contributed by atoms with Gasteiger partial charge >= 0.3 is 0 Å². The summed E-state index contributed by atoms with van der Waals surface area (Å²) in [6, 6.07) is 3.06. The molecule has 0 atom stereocenters. The van der Waals surface area contributed by atoms with Gasteiger partial charge in [0.15, 0.2) is 11.6 Å². The third kappa shape index (κ3) is 6.39. The van der Waals surface area contributed by atoms with E-state index in [1.807, 2.05) is 11.8 Å². The van der Waals surface area contributed by atoms with Crippen molar-refractivity contribution in [3.05, 3.63) is 29.8 Å². The molecule has 0 aromatic heterocycles. The van der Waals surface area contributed by atoms with Crippen molar-refractivity contribution in [2.24, 2.45) is 0 Å². The summed E-state index contributed by atoms with van der Waals surface area (Å²) in [5, 5.41) is 4.92. The Morgan fingerprint density at radius 1 is 1.20 bits per heavy atom. The molecular formula is C17H23F2N3O3. The topological polar surface area (TPSA) is 70.7 Å². The SMILES string of the molecule is CCOC1CCN(CC(=O)NCC(=O)Nc2ccc(F)c(F)c2)CC1. The van der Waals surface area contributed by atoms with Crippen LogP contribution in [0.5, 0.6) is 0 Å². The van der Waals surface area contributed by atoms with E-state index in [0.29, 0.717) is 6.61 Å². The molecule has 138 valence electrons. The van der Waals surface area contributed by atoms with Crippen LogP contribution in [0.25, 0.3) is 0 Å². The molecule has 0 radical (unpaired) electrons. The molecule has 6 nitrogen and oxygen atoms in total. The molecule has 1 fully saturated rings. The van der Waals surface area contributed by atoms with E-state index in [-0.39, 0.29) is 30.8 Å². The van der Waals surface area contributed by atoms with E-state index in [4.69, 9.17) is 4.74 Å². The molecule has 0 aliphatic carbocycles. The molecule has 25 heavy (non-hydrogen) atoms. The lowest BCUT2D eigenvalue weighted by Crippen LogP contribution is -2.44. The molecule has 1 saturated heterocycles. The Hall–Kier alpha value is -2.06. The molecule has 1 aromatic carbocycles. The number of carbonyl (C=O) groups excluding carboxylic acids is 2. The minimum absolute atomic E-state index is 0.135. The Bertz CT molecular complexity index is 605. The summed E-state index contributed by atoms with van der Waals surface area (Å²) in [5.41, 5.74) is 0.135. The fraction of sp³-hybridized carbons (Fsp3) is 0.529. The summed E-state index contributed by atoms with van der Waals surface area (Å²) in [6.45, 7) is 4.20. The largest absolute Gasteiger partial charge is 0.378 e. The monoisotopic (exact) mass is 355 g/mol. The third-order valence-electron chi connectivity index (χ3n) is 3.95. The molecule has 1 aromatic rings. The maximum atomic E-state index is 13.1. The number of hydrogen-bond acceptors (Lipinski definition) is 4. The number of anilines is 1. The van der Waals surface area contributed by atoms with E-state index in [2.05, 4.69) is 10.6 Å². The Labute approximate surface area is 145 Å². The van der Waals surface area contributed by atoms with Crippen LogP contribution >= 0.6 is 0 Å². The smallest absolute Gasteiger partial charge is 0.243 e. The average molecular weight is 355 g/mol. The van der Waals surface area contributed by atoms with E-state index < -0.39 is 17.5 Å². The van der Waals surface area contributed by atoms with Crippen molar-refractivity contribution in [1.29, 1.82) is 0 Å². The van der Waals surface area contributed by atoms with Gasteiger partial charge in [0.2, 0.25) is 11.8 Å². The highest BCUT2D eigenvalue weighted by molar-refractivity contribution is 5.94. The summed E-state index contributed by atoms with van der Waals surface area (Å²) >= 11 is 0. The van der Waals surface area contributed by atoms with E-state index in [9.17, 15) is 18.4 Å². The Kier molecular flexibility index (Phi) is 7.27. The number of carbonyl (C=O) groups is 2. The van der Waals surface area contributed by atoms with Crippen molar-refractivity contribution in [2.75, 3.05) is 38.1 Å². The highest BCUT2D eigenvalue weighted by Crippen LogP contribution is 2.14. The van der Waals surface area contributed by atoms with Gasteiger partial charge in [-0.3, -0.25) is 14.5 Å². The fourth-order valence-corrected chi connectivity index (χ4v) is 2.69. The number of likely N-dealkylation sites (tertiary alicyclic amines) is 1. The van der Waals surface area contributed by atoms with Crippen LogP contribution in [0, 0.1) is 11.6 Å². The number of hydrogen-bond donors (Lipinski definition) is 2. The number of rotatable bonds is 7. The van der Waals surface area contributed by atoms with Gasteiger partial charge in [0.05, 0.1) is 19.2 Å². The van der Waals surface area contributed by atoms with E-state index in [0.717, 1.165) is 38.1 Å². The van der Waals surface area contributed by atoms with Crippen molar-refractivity contribution in [2.45, 2.75) is 25.9 Å². The van der Waals surface area contributed by atoms with Gasteiger partial charge < -0.3 is 15.4 Å². The second kappa shape index (κ2) is 9.43. The predicted octanol–water partition coefficient (Wildman–Crippen LogP) is 1.52. The lowest BCUT2D eigenvalue weighted by molar-refractivity contribution is -0.125. The Balaban J connectivity index is 1.67. The summed E-state index contributed by atoms with van der Waals surface area (Å²) in [7, 11) is 0. The molecule has 0 saturated carbocycles. The molecule has 0 spiro atoms. The minimum Gasteiger partial charge on any atom is -0.378 e. The molecule has 1 aliphatic rings. The van der Waals surface area contributed by atoms with E-state index in [1.165, 1.54) is 6.07 Å². The number of nitrogens with one attached hydrogen (secondary N) is 2. The molecular weight excluding hydrogens is 332 g/mol. The molecule has 0 bridgehead atoms. The normalized spacial score (nSPS) is 15.8. The minimum atomic E-state index is -1.04. The van der Waals surface area contributed by atoms with Gasteiger partial charge in [-0.15, -0.1) is 0 Å². The van der Waals surface area contributed by atoms with Gasteiger partial charge in [0.25, 0.3) is 0 Å². The third-order valence-corrected chi connectivity index (χ3v) is 3.95. The second-order valence-electron chi connectivity index (χ2n) is 5.88. The zero-order chi connectivity index (χ0) is 18.2. The number of nitrogens with zero attached hydrogens (tertiary/aromatic N) is 1. The first-order valence-corrected chi connectivity index (χ1v) is 8.33. The van der Waals surface area contributed by atoms with Crippen molar-refractivity contribution >= 4 is 17.5 Å². The van der Waals surface area contributed by atoms with Crippen LogP contribution in [0.4, 0.5) is 14.5 Å². The molecule has 0 unspecified atom stereocenters. The van der Waals surface area contributed by atoms with Crippen molar-refractivity contribution in [1.82, 2.24) is 10.2 Å². The van der Waals surface area contributed by atoms with Crippen molar-refractivity contribution in [3.63, 3.8) is 0 Å². The first-order valence-electron chi connectivity index (χ1n) is 8.33. The van der Waals surface area contributed by atoms with Crippen LogP contribution in [-0.4, -0.2) is 55.6 Å². The fourth-order valence-electron chi connectivity index (χ4n) is 2.69. The lowest BCUT2D eigenvalue weighted by Gasteiger charge is -2.31. The summed E-state index contributed by atoms with van der Waals surface area (Å²) < 4.78 is 31.4. The average Bonchev–Trinajstić information content (AvgIpc) is 2.58. The van der Waals surface area contributed by atoms with Crippen LogP contribution < -0.4 is 10.6 Å². The zero-order valence-corrected chi connectivity index (χ0v) is 14.2. The zero-order valence-electron chi connectivity index (χ0n) is 14.2. The van der Waals surface area contributed by atoms with Gasteiger partial charge in [0, 0.05) is 31.5 Å². The highest BCUT2D eigenvalue weighted by atomic mass is 19.2. The van der Waals surface area contributed by atoms with Gasteiger partial charge in [0.1, 0.15) is 0 Å². The summed E-state index contributed by atoms with van der Waals surface area (Å²) in [4.78, 5) is 25.7. The van der Waals surface area contributed by atoms with E-state index >= 15 is 0 Å². The molecule has 1 aliphatic heterocycles. The first-order chi connectivity index (χ1) is 12.0. The lowest BCUT2D eigenvalue weighted by atomic mass is 10.1. The van der Waals surface area contributed by atoms with Gasteiger partial charge in [-0.05, 0) is 31.9 Å². The number of halogens is 2. The van der Waals surface area contributed by atoms with Crippen LogP contribution in [0.15, 0.2) is 18.2 Å². The number of amides is 2. The Morgan fingerprint density at radius 3 is 2.56 bits per heavy atom. The first kappa shape index (κ1) is 19.3. The van der Waals surface area contributed by atoms with Gasteiger partial charge in [-0.25, -0.2) is 8.78 Å². The standard InChI is InChI=1S/C17H23F2N3O3/c1-2-25-13-5-7-22(8-6-13)11-17(24)20-10-16(23)21-12-3-4-14(18)15(19)9-12/h3-4,9,13H,2,5-8,10-11H2,1H3,(H,20,24)(H,21,23). The predicted molar refractivity (Wildman–Crippen MR) is 89.1 cm³/mol. The van der Waals surface area contributed by atoms with Crippen molar-refractivity contribution in [3.8, 4) is 0 Å². The van der Waals surface area contributed by atoms with Crippen LogP contribution in [0.2, 0.25) is 0 Å². The van der Waals surface area contributed by atoms with Crippen LogP contribution in [0.1, 0.15) is 19.8 Å². The van der Waals surface area contributed by atoms with E-state index in [1.54, 1.807) is 0 Å². The Morgan fingerprint density at radius 2 is 1.92 bits per heavy atom. The molecule has 2 rings (SSSR count). The van der Waals surface area contributed by atoms with Crippen LogP contribution in [-0.2, 0) is 14.3 Å². The quantitative estimate of drug-likeness (QED) is 0.778. The molecule has 1 heterocycles. The maximum absolute atomic E-state index is 13.1. The number of ether oxygens (including phenoxy) is 1. The number of piperidine rings is 1. The molecule has 2 N–H and O–H groups in total. The van der Waals surface area contributed by atoms with Gasteiger partial charge in [-0.2, -0.15) is 0 Å². The molecule has 2 amide bonds. The number of benzene rings is 1. The maximum Gasteiger partial charge on any atom is 0.243 e. The molecule has 8 heteroatoms. The van der Waals surface area contributed by atoms with Gasteiger partial charge in [-0.1, -0.05) is 0 Å². The second-order valence-corrected chi connectivity index (χ2v) is 5.88. The summed E-state index contributed by atoms with van der Waals surface area (Å²) in [6.07, 6.45) is 2.03.